The number of halogens is 1. The van der Waals surface area contributed by atoms with Crippen molar-refractivity contribution in [1.29, 1.82) is 0 Å². The van der Waals surface area contributed by atoms with Crippen molar-refractivity contribution >= 4 is 23.4 Å². The summed E-state index contributed by atoms with van der Waals surface area (Å²) in [4.78, 5) is 23.8. The Kier molecular flexibility index (Phi) is 5.53. The molecule has 3 rings (SSSR count). The number of rotatable bonds is 6. The molecular weight excluding hydrogens is 376 g/mol. The molecule has 0 spiro atoms. The van der Waals surface area contributed by atoms with Crippen molar-refractivity contribution in [2.24, 2.45) is 5.41 Å². The third kappa shape index (κ3) is 4.55. The molecule has 1 aliphatic rings. The van der Waals surface area contributed by atoms with Crippen molar-refractivity contribution in [2.75, 3.05) is 25.0 Å². The Bertz CT molecular complexity index is 847. The van der Waals surface area contributed by atoms with Crippen LogP contribution in [0, 0.1) is 5.41 Å². The Morgan fingerprint density at radius 3 is 2.43 bits per heavy atom. The molecule has 2 heterocycles. The van der Waals surface area contributed by atoms with Crippen molar-refractivity contribution in [3.8, 4) is 11.1 Å². The van der Waals surface area contributed by atoms with E-state index in [1.54, 1.807) is 23.5 Å². The van der Waals surface area contributed by atoms with E-state index in [2.05, 4.69) is 14.9 Å². The Balaban J connectivity index is 1.78. The minimum atomic E-state index is -0.866. The number of hydrogen-bond donors (Lipinski definition) is 1. The van der Waals surface area contributed by atoms with Crippen LogP contribution >= 0.6 is 11.6 Å². The van der Waals surface area contributed by atoms with Gasteiger partial charge in [0.1, 0.15) is 5.15 Å². The van der Waals surface area contributed by atoms with E-state index >= 15 is 0 Å². The predicted molar refractivity (Wildman–Crippen MR) is 112 cm³/mol. The van der Waals surface area contributed by atoms with Crippen LogP contribution < -0.4 is 4.90 Å². The van der Waals surface area contributed by atoms with Gasteiger partial charge in [-0.1, -0.05) is 11.6 Å². The number of nitrogens with zero attached hydrogens (tertiary/aromatic N) is 4. The highest BCUT2D eigenvalue weighted by atomic mass is 35.5. The second-order valence-corrected chi connectivity index (χ2v) is 9.02. The van der Waals surface area contributed by atoms with Gasteiger partial charge in [-0.25, -0.2) is 9.78 Å². The normalized spacial score (nSPS) is 15.2. The number of amides is 1. The monoisotopic (exact) mass is 402 g/mol. The summed E-state index contributed by atoms with van der Waals surface area (Å²) in [6.07, 6.45) is 6.41. The first-order valence-corrected chi connectivity index (χ1v) is 9.77. The van der Waals surface area contributed by atoms with Gasteiger partial charge in [0.05, 0.1) is 11.9 Å². The molecule has 0 bridgehead atoms. The Morgan fingerprint density at radius 2 is 1.89 bits per heavy atom. The van der Waals surface area contributed by atoms with Crippen LogP contribution in [-0.2, 0) is 0 Å². The molecule has 1 amide bonds. The van der Waals surface area contributed by atoms with E-state index in [1.807, 2.05) is 46.0 Å². The highest BCUT2D eigenvalue weighted by Gasteiger charge is 2.47. The van der Waals surface area contributed by atoms with Gasteiger partial charge in [0, 0.05) is 49.0 Å². The lowest BCUT2D eigenvalue weighted by atomic mass is 10.00. The molecule has 28 heavy (non-hydrogen) atoms. The van der Waals surface area contributed by atoms with E-state index in [0.29, 0.717) is 11.7 Å². The summed E-state index contributed by atoms with van der Waals surface area (Å²) in [6.45, 7) is 7.11. The molecule has 7 heteroatoms. The third-order valence-electron chi connectivity index (χ3n) is 5.32. The number of carboxylic acid groups (broad SMARTS) is 1. The summed E-state index contributed by atoms with van der Waals surface area (Å²) in [5, 5.41) is 10.1. The molecule has 0 saturated heterocycles. The van der Waals surface area contributed by atoms with Gasteiger partial charge in [0.25, 0.3) is 0 Å². The van der Waals surface area contributed by atoms with E-state index in [4.69, 9.17) is 11.6 Å². The van der Waals surface area contributed by atoms with E-state index in [0.717, 1.165) is 36.2 Å². The zero-order valence-electron chi connectivity index (χ0n) is 16.8. The molecule has 0 atom stereocenters. The molecule has 2 aromatic rings. The highest BCUT2D eigenvalue weighted by Crippen LogP contribution is 2.48. The summed E-state index contributed by atoms with van der Waals surface area (Å²) in [7, 11) is 2.02. The fraction of sp³-hybridized carbons (Fsp3) is 0.476. The van der Waals surface area contributed by atoms with Crippen LogP contribution in [0.3, 0.4) is 0 Å². The SMILES string of the molecule is CN(CC1(CN(C(=O)O)C(C)(C)C)CC1)c1cnc(Cl)c(-c2ccncc2)c1. The van der Waals surface area contributed by atoms with Gasteiger partial charge in [-0.3, -0.25) is 4.98 Å². The van der Waals surface area contributed by atoms with Gasteiger partial charge >= 0.3 is 6.09 Å². The standard InChI is InChI=1S/C21H27ClN4O2/c1-20(2,3)26(19(27)28)14-21(7-8-21)13-25(4)16-11-17(18(22)24-12-16)15-5-9-23-10-6-15/h5-6,9-12H,7-8,13-14H2,1-4H3,(H,27,28). The summed E-state index contributed by atoms with van der Waals surface area (Å²) in [6, 6.07) is 5.84. The number of pyridine rings is 2. The first-order valence-electron chi connectivity index (χ1n) is 9.39. The lowest BCUT2D eigenvalue weighted by Gasteiger charge is -2.37. The molecule has 150 valence electrons. The van der Waals surface area contributed by atoms with Gasteiger partial charge in [-0.05, 0) is 57.4 Å². The largest absolute Gasteiger partial charge is 0.465 e. The maximum absolute atomic E-state index is 11.7. The van der Waals surface area contributed by atoms with Crippen LogP contribution in [-0.4, -0.2) is 51.7 Å². The van der Waals surface area contributed by atoms with Gasteiger partial charge in [-0.15, -0.1) is 0 Å². The number of anilines is 1. The zero-order valence-corrected chi connectivity index (χ0v) is 17.6. The Morgan fingerprint density at radius 1 is 1.25 bits per heavy atom. The van der Waals surface area contributed by atoms with Crippen LogP contribution in [0.5, 0.6) is 0 Å². The van der Waals surface area contributed by atoms with Gasteiger partial charge in [-0.2, -0.15) is 0 Å². The minimum Gasteiger partial charge on any atom is -0.465 e. The first kappa shape index (κ1) is 20.4. The fourth-order valence-corrected chi connectivity index (χ4v) is 3.66. The zero-order chi connectivity index (χ0) is 20.5. The van der Waals surface area contributed by atoms with Crippen LogP contribution in [0.2, 0.25) is 5.15 Å². The lowest BCUT2D eigenvalue weighted by molar-refractivity contribution is 0.0859. The average Bonchev–Trinajstić information content (AvgIpc) is 3.39. The predicted octanol–water partition coefficient (Wildman–Crippen LogP) is 4.79. The van der Waals surface area contributed by atoms with Crippen molar-refractivity contribution < 1.29 is 9.90 Å². The molecule has 1 fully saturated rings. The molecule has 0 aromatic carbocycles. The van der Waals surface area contributed by atoms with E-state index < -0.39 is 11.6 Å². The minimum absolute atomic E-state index is 0.0170. The van der Waals surface area contributed by atoms with Crippen LogP contribution in [0.4, 0.5) is 10.5 Å². The Hall–Kier alpha value is -2.34. The van der Waals surface area contributed by atoms with Gasteiger partial charge < -0.3 is 14.9 Å². The first-order chi connectivity index (χ1) is 13.1. The topological polar surface area (TPSA) is 69.6 Å². The number of aromatic nitrogens is 2. The van der Waals surface area contributed by atoms with E-state index in [-0.39, 0.29) is 5.41 Å². The number of hydrogen-bond acceptors (Lipinski definition) is 4. The third-order valence-corrected chi connectivity index (χ3v) is 5.62. The molecule has 1 saturated carbocycles. The maximum Gasteiger partial charge on any atom is 0.407 e. The smallest absolute Gasteiger partial charge is 0.407 e. The quantitative estimate of drug-likeness (QED) is 0.703. The second kappa shape index (κ2) is 7.59. The molecular formula is C21H27ClN4O2. The molecule has 0 unspecified atom stereocenters. The molecule has 0 radical (unpaired) electrons. The highest BCUT2D eigenvalue weighted by molar-refractivity contribution is 6.32. The summed E-state index contributed by atoms with van der Waals surface area (Å²) in [5.74, 6) is 0. The Labute approximate surface area is 171 Å². The molecule has 1 N–H and O–H groups in total. The van der Waals surface area contributed by atoms with Crippen molar-refractivity contribution in [3.63, 3.8) is 0 Å². The van der Waals surface area contributed by atoms with Gasteiger partial charge in [0.15, 0.2) is 0 Å². The molecule has 2 aromatic heterocycles. The van der Waals surface area contributed by atoms with Crippen LogP contribution in [0.15, 0.2) is 36.8 Å². The summed E-state index contributed by atoms with van der Waals surface area (Å²) in [5.41, 5.74) is 2.35. The summed E-state index contributed by atoms with van der Waals surface area (Å²) < 4.78 is 0. The van der Waals surface area contributed by atoms with E-state index in [9.17, 15) is 9.90 Å². The van der Waals surface area contributed by atoms with E-state index in [1.165, 1.54) is 0 Å². The molecule has 1 aliphatic carbocycles. The van der Waals surface area contributed by atoms with Crippen molar-refractivity contribution in [3.05, 3.63) is 41.9 Å². The second-order valence-electron chi connectivity index (χ2n) is 8.66. The van der Waals surface area contributed by atoms with Crippen LogP contribution in [0.25, 0.3) is 11.1 Å². The van der Waals surface area contributed by atoms with Crippen molar-refractivity contribution in [2.45, 2.75) is 39.2 Å². The average molecular weight is 403 g/mol. The van der Waals surface area contributed by atoms with Crippen LogP contribution in [0.1, 0.15) is 33.6 Å². The fourth-order valence-electron chi connectivity index (χ4n) is 3.44. The number of carbonyl (C=O) groups is 1. The van der Waals surface area contributed by atoms with Gasteiger partial charge in [0.2, 0.25) is 0 Å². The summed E-state index contributed by atoms with van der Waals surface area (Å²) >= 11 is 6.31. The molecule has 6 nitrogen and oxygen atoms in total. The molecule has 0 aliphatic heterocycles. The maximum atomic E-state index is 11.7. The lowest BCUT2D eigenvalue weighted by Crippen LogP contribution is -2.49. The van der Waals surface area contributed by atoms with Crippen molar-refractivity contribution in [1.82, 2.24) is 14.9 Å².